The van der Waals surface area contributed by atoms with Crippen molar-refractivity contribution in [3.8, 4) is 11.5 Å². The SMILES string of the molecule is [Li][c]1ccccc1C#C[Si](C)(C)C. The van der Waals surface area contributed by atoms with Crippen LogP contribution < -0.4 is 4.24 Å². The van der Waals surface area contributed by atoms with Crippen LogP contribution in [-0.2, 0) is 0 Å². The van der Waals surface area contributed by atoms with Crippen LogP contribution in [0.25, 0.3) is 0 Å². The molecule has 1 aromatic carbocycles. The van der Waals surface area contributed by atoms with Gasteiger partial charge in [0.05, 0.1) is 0 Å². The quantitative estimate of drug-likeness (QED) is 0.421. The second kappa shape index (κ2) is 4.20. The Bertz CT molecular complexity index is 352. The average molecular weight is 180 g/mol. The zero-order chi connectivity index (χ0) is 9.90. The molecule has 0 heterocycles. The summed E-state index contributed by atoms with van der Waals surface area (Å²) in [5, 5.41) is 0. The molecule has 0 radical (unpaired) electrons. The van der Waals surface area contributed by atoms with Crippen molar-refractivity contribution in [2.75, 3.05) is 0 Å². The van der Waals surface area contributed by atoms with Crippen LogP contribution in [-0.4, -0.2) is 25.8 Å². The van der Waals surface area contributed by atoms with E-state index in [4.69, 9.17) is 0 Å². The summed E-state index contributed by atoms with van der Waals surface area (Å²) in [5.41, 5.74) is 4.54. The molecule has 0 fully saturated rings. The van der Waals surface area contributed by atoms with Gasteiger partial charge in [0, 0.05) is 0 Å². The zero-order valence-corrected chi connectivity index (χ0v) is 9.81. The summed E-state index contributed by atoms with van der Waals surface area (Å²) in [6.45, 7) is 6.79. The van der Waals surface area contributed by atoms with Crippen LogP contribution >= 0.6 is 0 Å². The molecule has 13 heavy (non-hydrogen) atoms. The predicted molar refractivity (Wildman–Crippen MR) is 62.1 cm³/mol. The van der Waals surface area contributed by atoms with Crippen LogP contribution in [0, 0.1) is 11.5 Å². The fraction of sp³-hybridized carbons (Fsp3) is 0.273. The van der Waals surface area contributed by atoms with Crippen molar-refractivity contribution in [3.05, 3.63) is 29.8 Å². The van der Waals surface area contributed by atoms with Gasteiger partial charge in [0.2, 0.25) is 0 Å². The van der Waals surface area contributed by atoms with Gasteiger partial charge in [-0.15, -0.1) is 0 Å². The molecule has 62 valence electrons. The molecule has 2 heteroatoms. The van der Waals surface area contributed by atoms with Gasteiger partial charge in [-0.05, 0) is 0 Å². The molecule has 0 amide bonds. The van der Waals surface area contributed by atoms with Crippen LogP contribution in [0.5, 0.6) is 0 Å². The molecule has 0 aliphatic heterocycles. The molecule has 1 aromatic rings. The first-order chi connectivity index (χ1) is 5.99. The molecule has 0 unspecified atom stereocenters. The van der Waals surface area contributed by atoms with Crippen molar-refractivity contribution < 1.29 is 0 Å². The molecular formula is C11H13LiSi. The van der Waals surface area contributed by atoms with Gasteiger partial charge in [-0.25, -0.2) is 0 Å². The summed E-state index contributed by atoms with van der Waals surface area (Å²) in [6, 6.07) is 8.28. The Kier molecular flexibility index (Phi) is 3.45. The van der Waals surface area contributed by atoms with E-state index in [-0.39, 0.29) is 0 Å². The summed E-state index contributed by atoms with van der Waals surface area (Å²) in [4.78, 5) is 0. The first-order valence-electron chi connectivity index (χ1n) is 4.58. The van der Waals surface area contributed by atoms with Crippen LogP contribution in [0.4, 0.5) is 0 Å². The number of hydrogen-bond acceptors (Lipinski definition) is 0. The Labute approximate surface area is 91.0 Å². The molecule has 0 saturated carbocycles. The van der Waals surface area contributed by atoms with Gasteiger partial charge in [-0.3, -0.25) is 0 Å². The second-order valence-corrected chi connectivity index (χ2v) is 9.06. The molecule has 0 nitrogen and oxygen atoms in total. The van der Waals surface area contributed by atoms with Gasteiger partial charge in [-0.1, -0.05) is 0 Å². The van der Waals surface area contributed by atoms with E-state index in [1.165, 1.54) is 9.80 Å². The van der Waals surface area contributed by atoms with E-state index in [9.17, 15) is 0 Å². The van der Waals surface area contributed by atoms with Crippen molar-refractivity contribution in [2.45, 2.75) is 19.6 Å². The summed E-state index contributed by atoms with van der Waals surface area (Å²) >= 11 is 2.11. The summed E-state index contributed by atoms with van der Waals surface area (Å²) in [6.07, 6.45) is 0. The molecule has 1 rings (SSSR count). The molecule has 0 spiro atoms. The predicted octanol–water partition coefficient (Wildman–Crippen LogP) is 1.71. The molecule has 0 saturated heterocycles. The normalized spacial score (nSPS) is 10.5. The summed E-state index contributed by atoms with van der Waals surface area (Å²) in [5.74, 6) is 3.26. The molecular weight excluding hydrogens is 167 g/mol. The van der Waals surface area contributed by atoms with Gasteiger partial charge >= 0.3 is 91.0 Å². The van der Waals surface area contributed by atoms with Gasteiger partial charge in [0.25, 0.3) is 0 Å². The Balaban J connectivity index is 2.97. The van der Waals surface area contributed by atoms with E-state index in [2.05, 4.69) is 67.0 Å². The Morgan fingerprint density at radius 1 is 1.15 bits per heavy atom. The molecule has 0 aliphatic rings. The van der Waals surface area contributed by atoms with E-state index in [0.717, 1.165) is 0 Å². The second-order valence-electron chi connectivity index (χ2n) is 4.31. The standard InChI is InChI=1S/C11H13Si.Li/c1-12(2,3)10-9-11-7-5-4-6-8-11;/h4-7H,1-3H3;. The van der Waals surface area contributed by atoms with Gasteiger partial charge < -0.3 is 0 Å². The Morgan fingerprint density at radius 3 is 2.31 bits per heavy atom. The maximum atomic E-state index is 3.37. The third-order valence-corrected chi connectivity index (χ3v) is 2.59. The van der Waals surface area contributed by atoms with Crippen molar-refractivity contribution in [1.82, 2.24) is 0 Å². The minimum absolute atomic E-state index is 1.17. The van der Waals surface area contributed by atoms with Gasteiger partial charge in [0.1, 0.15) is 0 Å². The maximum absolute atomic E-state index is 3.37. The summed E-state index contributed by atoms with van der Waals surface area (Å²) < 4.78 is 1.27. The first kappa shape index (κ1) is 10.7. The molecule has 0 bridgehead atoms. The van der Waals surface area contributed by atoms with Gasteiger partial charge in [0.15, 0.2) is 0 Å². The van der Waals surface area contributed by atoms with E-state index in [1.54, 1.807) is 0 Å². The van der Waals surface area contributed by atoms with E-state index >= 15 is 0 Å². The zero-order valence-electron chi connectivity index (χ0n) is 8.81. The van der Waals surface area contributed by atoms with Crippen molar-refractivity contribution in [2.24, 2.45) is 0 Å². The number of benzene rings is 1. The Morgan fingerprint density at radius 2 is 1.77 bits per heavy atom. The monoisotopic (exact) mass is 180 g/mol. The minimum atomic E-state index is -1.22. The van der Waals surface area contributed by atoms with Crippen LogP contribution in [0.2, 0.25) is 19.6 Å². The van der Waals surface area contributed by atoms with E-state index in [0.29, 0.717) is 0 Å². The topological polar surface area (TPSA) is 0 Å². The first-order valence-corrected chi connectivity index (χ1v) is 8.08. The van der Waals surface area contributed by atoms with Crippen molar-refractivity contribution >= 4 is 30.0 Å². The fourth-order valence-corrected chi connectivity index (χ4v) is 1.48. The van der Waals surface area contributed by atoms with Gasteiger partial charge in [-0.2, -0.15) is 0 Å². The number of rotatable bonds is 0. The molecule has 0 aliphatic carbocycles. The fourth-order valence-electron chi connectivity index (χ4n) is 0.968. The third kappa shape index (κ3) is 3.88. The van der Waals surface area contributed by atoms with Crippen LogP contribution in [0.1, 0.15) is 5.56 Å². The van der Waals surface area contributed by atoms with E-state index < -0.39 is 8.07 Å². The number of hydrogen-bond donors (Lipinski definition) is 0. The molecule has 0 atom stereocenters. The van der Waals surface area contributed by atoms with Crippen LogP contribution in [0.15, 0.2) is 24.3 Å². The summed E-state index contributed by atoms with van der Waals surface area (Å²) in [7, 11) is -1.22. The average Bonchev–Trinajstić information content (AvgIpc) is 2.01. The molecule has 0 N–H and O–H groups in total. The van der Waals surface area contributed by atoms with Crippen molar-refractivity contribution in [3.63, 3.8) is 0 Å². The van der Waals surface area contributed by atoms with E-state index in [1.807, 2.05) is 6.07 Å². The van der Waals surface area contributed by atoms with Crippen LogP contribution in [0.3, 0.4) is 0 Å². The third-order valence-electron chi connectivity index (χ3n) is 1.72. The Hall–Kier alpha value is -0.406. The molecule has 0 aromatic heterocycles. The van der Waals surface area contributed by atoms with Crippen molar-refractivity contribution in [1.29, 1.82) is 0 Å².